The van der Waals surface area contributed by atoms with E-state index in [1.54, 1.807) is 0 Å². The highest BCUT2D eigenvalue weighted by Crippen LogP contribution is 2.38. The Balaban J connectivity index is 2.33. The third-order valence-electron chi connectivity index (χ3n) is 3.11. The molecule has 0 saturated carbocycles. The molecule has 0 unspecified atom stereocenters. The molecule has 0 atom stereocenters. The van der Waals surface area contributed by atoms with Gasteiger partial charge in [-0.05, 0) is 18.6 Å². The van der Waals surface area contributed by atoms with Gasteiger partial charge in [0.15, 0.2) is 5.75 Å². The molecule has 0 bridgehead atoms. The van der Waals surface area contributed by atoms with Crippen molar-refractivity contribution in [2.75, 3.05) is 7.11 Å². The lowest BCUT2D eigenvalue weighted by atomic mass is 10.1. The molecular weight excluding hydrogens is 286 g/mol. The van der Waals surface area contributed by atoms with E-state index in [-0.39, 0.29) is 29.4 Å². The number of hydrogen-bond donors (Lipinski definition) is 0. The summed E-state index contributed by atoms with van der Waals surface area (Å²) < 4.78 is 10.7. The predicted octanol–water partition coefficient (Wildman–Crippen LogP) is 3.30. The highest BCUT2D eigenvalue weighted by atomic mass is 16.6. The van der Waals surface area contributed by atoms with Crippen molar-refractivity contribution in [2.45, 2.75) is 13.5 Å². The van der Waals surface area contributed by atoms with Gasteiger partial charge in [0.05, 0.1) is 12.0 Å². The first-order valence-electron chi connectivity index (χ1n) is 6.55. The molecular formula is C16H15NO5. The third-order valence-corrected chi connectivity index (χ3v) is 3.11. The van der Waals surface area contributed by atoms with Gasteiger partial charge in [-0.3, -0.25) is 14.9 Å². The fraction of sp³-hybridized carbons (Fsp3) is 0.188. The normalized spacial score (nSPS) is 10.1. The summed E-state index contributed by atoms with van der Waals surface area (Å²) >= 11 is 0. The summed E-state index contributed by atoms with van der Waals surface area (Å²) in [6.07, 6.45) is 0.527. The topological polar surface area (TPSA) is 78.7 Å². The minimum Gasteiger partial charge on any atom is -0.493 e. The number of benzene rings is 2. The molecule has 6 heteroatoms. The van der Waals surface area contributed by atoms with Gasteiger partial charge in [-0.1, -0.05) is 29.8 Å². The average Bonchev–Trinajstić information content (AvgIpc) is 2.53. The minimum atomic E-state index is -0.597. The van der Waals surface area contributed by atoms with Crippen LogP contribution in [-0.2, 0) is 6.61 Å². The average molecular weight is 301 g/mol. The largest absolute Gasteiger partial charge is 0.493 e. The van der Waals surface area contributed by atoms with Crippen LogP contribution >= 0.6 is 0 Å². The van der Waals surface area contributed by atoms with Crippen LogP contribution in [0.2, 0.25) is 0 Å². The number of nitro groups is 1. The maximum atomic E-state index is 11.2. The lowest BCUT2D eigenvalue weighted by Gasteiger charge is -2.11. The van der Waals surface area contributed by atoms with E-state index in [1.807, 2.05) is 31.2 Å². The zero-order valence-corrected chi connectivity index (χ0v) is 12.2. The minimum absolute atomic E-state index is 0.0127. The van der Waals surface area contributed by atoms with Crippen LogP contribution in [0.15, 0.2) is 36.4 Å². The second-order valence-corrected chi connectivity index (χ2v) is 4.72. The molecule has 0 amide bonds. The molecule has 0 N–H and O–H groups in total. The summed E-state index contributed by atoms with van der Waals surface area (Å²) in [5.74, 6) is 0.169. The van der Waals surface area contributed by atoms with E-state index in [1.165, 1.54) is 19.2 Å². The number of hydrogen-bond acceptors (Lipinski definition) is 5. The molecule has 6 nitrogen and oxygen atoms in total. The first-order chi connectivity index (χ1) is 10.5. The van der Waals surface area contributed by atoms with Crippen molar-refractivity contribution in [2.24, 2.45) is 0 Å². The number of nitro benzene ring substituents is 1. The smallest absolute Gasteiger partial charge is 0.315 e. The fourth-order valence-electron chi connectivity index (χ4n) is 1.95. The number of carbonyl (C=O) groups is 1. The predicted molar refractivity (Wildman–Crippen MR) is 80.5 cm³/mol. The van der Waals surface area contributed by atoms with E-state index >= 15 is 0 Å². The van der Waals surface area contributed by atoms with Crippen molar-refractivity contribution < 1.29 is 19.2 Å². The SMILES string of the molecule is COc1cc(C=O)cc([N+](=O)[O-])c1OCc1ccc(C)cc1. The van der Waals surface area contributed by atoms with Crippen molar-refractivity contribution in [1.82, 2.24) is 0 Å². The van der Waals surface area contributed by atoms with E-state index in [9.17, 15) is 14.9 Å². The monoisotopic (exact) mass is 301 g/mol. The second-order valence-electron chi connectivity index (χ2n) is 4.72. The van der Waals surface area contributed by atoms with Gasteiger partial charge in [0, 0.05) is 11.6 Å². The molecule has 0 aliphatic rings. The van der Waals surface area contributed by atoms with Crippen LogP contribution < -0.4 is 9.47 Å². The Kier molecular flexibility index (Phi) is 4.73. The Morgan fingerprint density at radius 2 is 1.91 bits per heavy atom. The van der Waals surface area contributed by atoms with Gasteiger partial charge in [0.2, 0.25) is 5.75 Å². The third kappa shape index (κ3) is 3.41. The number of rotatable bonds is 6. The zero-order chi connectivity index (χ0) is 16.1. The Morgan fingerprint density at radius 3 is 2.45 bits per heavy atom. The molecule has 0 heterocycles. The Morgan fingerprint density at radius 1 is 1.23 bits per heavy atom. The Labute approximate surface area is 127 Å². The van der Waals surface area contributed by atoms with Crippen LogP contribution in [0.3, 0.4) is 0 Å². The maximum absolute atomic E-state index is 11.2. The number of methoxy groups -OCH3 is 1. The first-order valence-corrected chi connectivity index (χ1v) is 6.55. The quantitative estimate of drug-likeness (QED) is 0.464. The van der Waals surface area contributed by atoms with E-state index in [2.05, 4.69) is 0 Å². The lowest BCUT2D eigenvalue weighted by molar-refractivity contribution is -0.386. The molecule has 114 valence electrons. The van der Waals surface area contributed by atoms with Gasteiger partial charge >= 0.3 is 5.69 Å². The lowest BCUT2D eigenvalue weighted by Crippen LogP contribution is -2.02. The van der Waals surface area contributed by atoms with Crippen LogP contribution in [0.4, 0.5) is 5.69 Å². The van der Waals surface area contributed by atoms with Crippen LogP contribution in [0.25, 0.3) is 0 Å². The standard InChI is InChI=1S/C16H15NO5/c1-11-3-5-12(6-4-11)10-22-16-14(17(19)20)7-13(9-18)8-15(16)21-2/h3-9H,10H2,1-2H3. The van der Waals surface area contributed by atoms with Gasteiger partial charge in [-0.25, -0.2) is 0 Å². The molecule has 22 heavy (non-hydrogen) atoms. The van der Waals surface area contributed by atoms with Gasteiger partial charge < -0.3 is 9.47 Å². The molecule has 0 radical (unpaired) electrons. The molecule has 0 fully saturated rings. The van der Waals surface area contributed by atoms with Crippen LogP contribution in [-0.4, -0.2) is 18.3 Å². The Bertz CT molecular complexity index is 694. The van der Waals surface area contributed by atoms with Crippen molar-refractivity contribution in [3.63, 3.8) is 0 Å². The van der Waals surface area contributed by atoms with Crippen molar-refractivity contribution in [3.8, 4) is 11.5 Å². The molecule has 0 saturated heterocycles. The first kappa shape index (κ1) is 15.5. The summed E-state index contributed by atoms with van der Waals surface area (Å²) in [6.45, 7) is 2.13. The number of aryl methyl sites for hydroxylation is 1. The van der Waals surface area contributed by atoms with Gasteiger partial charge in [0.1, 0.15) is 12.9 Å². The van der Waals surface area contributed by atoms with Crippen molar-refractivity contribution >= 4 is 12.0 Å². The van der Waals surface area contributed by atoms with Gasteiger partial charge in [-0.2, -0.15) is 0 Å². The number of carbonyl (C=O) groups excluding carboxylic acids is 1. The molecule has 2 aromatic rings. The molecule has 0 aliphatic heterocycles. The zero-order valence-electron chi connectivity index (χ0n) is 12.2. The molecule has 2 rings (SSSR count). The van der Waals surface area contributed by atoms with E-state index in [4.69, 9.17) is 9.47 Å². The van der Waals surface area contributed by atoms with Crippen molar-refractivity contribution in [3.05, 3.63) is 63.2 Å². The number of aldehydes is 1. The molecule has 0 aromatic heterocycles. The fourth-order valence-corrected chi connectivity index (χ4v) is 1.95. The van der Waals surface area contributed by atoms with Crippen molar-refractivity contribution in [1.29, 1.82) is 0 Å². The second kappa shape index (κ2) is 6.71. The summed E-state index contributed by atoms with van der Waals surface area (Å²) in [5.41, 5.74) is 1.85. The summed E-state index contributed by atoms with van der Waals surface area (Å²) in [4.78, 5) is 21.4. The molecule has 2 aromatic carbocycles. The highest BCUT2D eigenvalue weighted by molar-refractivity contribution is 5.79. The van der Waals surface area contributed by atoms with Crippen LogP contribution in [0.1, 0.15) is 21.5 Å². The van der Waals surface area contributed by atoms with Crippen LogP contribution in [0.5, 0.6) is 11.5 Å². The summed E-state index contributed by atoms with van der Waals surface area (Å²) in [7, 11) is 1.37. The van der Waals surface area contributed by atoms with E-state index < -0.39 is 4.92 Å². The highest BCUT2D eigenvalue weighted by Gasteiger charge is 2.22. The number of ether oxygens (including phenoxy) is 2. The number of nitrogens with zero attached hydrogens (tertiary/aromatic N) is 1. The van der Waals surface area contributed by atoms with Crippen LogP contribution in [0, 0.1) is 17.0 Å². The van der Waals surface area contributed by atoms with E-state index in [0.717, 1.165) is 11.1 Å². The van der Waals surface area contributed by atoms with E-state index in [0.29, 0.717) is 6.29 Å². The van der Waals surface area contributed by atoms with Gasteiger partial charge in [0.25, 0.3) is 0 Å². The maximum Gasteiger partial charge on any atom is 0.315 e. The Hall–Kier alpha value is -2.89. The molecule has 0 aliphatic carbocycles. The molecule has 0 spiro atoms. The van der Waals surface area contributed by atoms with Gasteiger partial charge in [-0.15, -0.1) is 0 Å². The summed E-state index contributed by atoms with van der Waals surface area (Å²) in [6, 6.07) is 10.2. The summed E-state index contributed by atoms with van der Waals surface area (Å²) in [5, 5.41) is 11.2.